The van der Waals surface area contributed by atoms with Crippen molar-refractivity contribution in [3.05, 3.63) is 35.4 Å². The molecule has 0 atom stereocenters. The molecule has 2 heterocycles. The van der Waals surface area contributed by atoms with E-state index in [1.807, 2.05) is 0 Å². The molecule has 0 aromatic heterocycles. The van der Waals surface area contributed by atoms with Crippen molar-refractivity contribution in [2.24, 2.45) is 0 Å². The second kappa shape index (κ2) is 10.6. The van der Waals surface area contributed by atoms with Crippen LogP contribution in [0.25, 0.3) is 0 Å². The van der Waals surface area contributed by atoms with Crippen LogP contribution in [0.1, 0.15) is 44.2 Å². The summed E-state index contributed by atoms with van der Waals surface area (Å²) in [5.41, 5.74) is 2.93. The molecule has 0 radical (unpaired) electrons. The summed E-state index contributed by atoms with van der Waals surface area (Å²) in [4.78, 5) is 10.3. The van der Waals surface area contributed by atoms with Crippen molar-refractivity contribution in [2.75, 3.05) is 59.4 Å². The Kier molecular flexibility index (Phi) is 8.13. The summed E-state index contributed by atoms with van der Waals surface area (Å²) in [7, 11) is 2.24. The van der Waals surface area contributed by atoms with Gasteiger partial charge in [0.15, 0.2) is 0 Å². The van der Waals surface area contributed by atoms with E-state index < -0.39 is 0 Å². The number of piperidine rings is 1. The Hall–Kier alpha value is -0.940. The van der Waals surface area contributed by atoms with Gasteiger partial charge in [-0.25, -0.2) is 0 Å². The minimum Gasteiger partial charge on any atom is -0.305 e. The molecule has 0 bridgehead atoms. The topological polar surface area (TPSA) is 13.0 Å². The number of rotatable bonds is 7. The minimum atomic E-state index is 0.797. The normalized spacial score (nSPS) is 21.6. The Morgan fingerprint density at radius 2 is 1.33 bits per heavy atom. The summed E-state index contributed by atoms with van der Waals surface area (Å²) in [5, 5.41) is 0. The van der Waals surface area contributed by atoms with Gasteiger partial charge < -0.3 is 9.80 Å². The standard InChI is InChI=1S/C23H40N4/c1-4-27(5-2)23-11-15-26(16-12-23)20-22-9-7-21(8-10-22)19-25-14-6-13-24(3)17-18-25/h7-10,23H,4-6,11-20H2,1-3H3. The van der Waals surface area contributed by atoms with Crippen LogP contribution in [-0.4, -0.2) is 85.0 Å². The van der Waals surface area contributed by atoms with Gasteiger partial charge in [0, 0.05) is 32.2 Å². The number of hydrogen-bond acceptors (Lipinski definition) is 4. The molecule has 0 amide bonds. The average Bonchev–Trinajstić information content (AvgIpc) is 2.90. The first kappa shape index (κ1) is 20.8. The number of nitrogens with zero attached hydrogens (tertiary/aromatic N) is 4. The molecule has 1 aromatic carbocycles. The molecular formula is C23H40N4. The Balaban J connectivity index is 1.44. The highest BCUT2D eigenvalue weighted by Crippen LogP contribution is 2.19. The zero-order chi connectivity index (χ0) is 19.1. The number of benzene rings is 1. The van der Waals surface area contributed by atoms with Crippen molar-refractivity contribution in [3.63, 3.8) is 0 Å². The van der Waals surface area contributed by atoms with Crippen LogP contribution in [0, 0.1) is 0 Å². The monoisotopic (exact) mass is 372 g/mol. The molecule has 2 aliphatic heterocycles. The van der Waals surface area contributed by atoms with Crippen molar-refractivity contribution in [1.29, 1.82) is 0 Å². The van der Waals surface area contributed by atoms with Crippen LogP contribution in [-0.2, 0) is 13.1 Å². The minimum absolute atomic E-state index is 0.797. The third kappa shape index (κ3) is 6.28. The van der Waals surface area contributed by atoms with E-state index in [0.29, 0.717) is 0 Å². The highest BCUT2D eigenvalue weighted by Gasteiger charge is 2.22. The Bertz CT molecular complexity index is 532. The summed E-state index contributed by atoms with van der Waals surface area (Å²) in [6.45, 7) is 16.5. The molecule has 0 unspecified atom stereocenters. The molecule has 0 N–H and O–H groups in total. The molecule has 152 valence electrons. The fourth-order valence-electron chi connectivity index (χ4n) is 4.71. The van der Waals surface area contributed by atoms with Crippen LogP contribution >= 0.6 is 0 Å². The van der Waals surface area contributed by atoms with Crippen molar-refractivity contribution in [1.82, 2.24) is 19.6 Å². The fourth-order valence-corrected chi connectivity index (χ4v) is 4.71. The largest absolute Gasteiger partial charge is 0.305 e. The first-order chi connectivity index (χ1) is 13.2. The second-order valence-electron chi connectivity index (χ2n) is 8.48. The molecule has 4 nitrogen and oxygen atoms in total. The summed E-state index contributed by atoms with van der Waals surface area (Å²) >= 11 is 0. The summed E-state index contributed by atoms with van der Waals surface area (Å²) in [6, 6.07) is 10.2. The van der Waals surface area contributed by atoms with Gasteiger partial charge in [0.25, 0.3) is 0 Å². The van der Waals surface area contributed by atoms with E-state index in [2.05, 4.69) is 64.8 Å². The van der Waals surface area contributed by atoms with Gasteiger partial charge in [-0.1, -0.05) is 38.1 Å². The number of likely N-dealkylation sites (N-methyl/N-ethyl adjacent to an activating group) is 1. The average molecular weight is 373 g/mol. The lowest BCUT2D eigenvalue weighted by atomic mass is 10.0. The Labute approximate surface area is 167 Å². The predicted molar refractivity (Wildman–Crippen MR) is 115 cm³/mol. The molecule has 0 aliphatic carbocycles. The molecule has 3 rings (SSSR count). The van der Waals surface area contributed by atoms with E-state index in [9.17, 15) is 0 Å². The molecule has 4 heteroatoms. The SMILES string of the molecule is CCN(CC)C1CCN(Cc2ccc(CN3CCCN(C)CC3)cc2)CC1. The molecule has 27 heavy (non-hydrogen) atoms. The summed E-state index contributed by atoms with van der Waals surface area (Å²) in [6.07, 6.45) is 3.93. The van der Waals surface area contributed by atoms with Gasteiger partial charge >= 0.3 is 0 Å². The Morgan fingerprint density at radius 1 is 0.778 bits per heavy atom. The lowest BCUT2D eigenvalue weighted by Crippen LogP contribution is -2.44. The first-order valence-corrected chi connectivity index (χ1v) is 11.1. The molecular weight excluding hydrogens is 332 g/mol. The highest BCUT2D eigenvalue weighted by atomic mass is 15.2. The van der Waals surface area contributed by atoms with Gasteiger partial charge in [0.2, 0.25) is 0 Å². The van der Waals surface area contributed by atoms with Crippen LogP contribution in [0.15, 0.2) is 24.3 Å². The van der Waals surface area contributed by atoms with Crippen LogP contribution in [0.2, 0.25) is 0 Å². The third-order valence-corrected chi connectivity index (χ3v) is 6.53. The maximum atomic E-state index is 2.64. The van der Waals surface area contributed by atoms with Crippen molar-refractivity contribution >= 4 is 0 Å². The molecule has 2 fully saturated rings. The maximum Gasteiger partial charge on any atom is 0.0234 e. The second-order valence-corrected chi connectivity index (χ2v) is 8.48. The molecule has 0 spiro atoms. The zero-order valence-electron chi connectivity index (χ0n) is 17.9. The van der Waals surface area contributed by atoms with E-state index in [4.69, 9.17) is 0 Å². The summed E-state index contributed by atoms with van der Waals surface area (Å²) in [5.74, 6) is 0. The van der Waals surface area contributed by atoms with Crippen molar-refractivity contribution < 1.29 is 0 Å². The first-order valence-electron chi connectivity index (χ1n) is 11.1. The highest BCUT2D eigenvalue weighted by molar-refractivity contribution is 5.22. The van der Waals surface area contributed by atoms with Crippen molar-refractivity contribution in [2.45, 2.75) is 52.2 Å². The van der Waals surface area contributed by atoms with Gasteiger partial charge in [-0.3, -0.25) is 9.80 Å². The third-order valence-electron chi connectivity index (χ3n) is 6.53. The zero-order valence-corrected chi connectivity index (χ0v) is 17.9. The Morgan fingerprint density at radius 3 is 1.89 bits per heavy atom. The van der Waals surface area contributed by atoms with E-state index >= 15 is 0 Å². The van der Waals surface area contributed by atoms with E-state index in [1.165, 1.54) is 82.7 Å². The van der Waals surface area contributed by atoms with Crippen LogP contribution < -0.4 is 0 Å². The maximum absolute atomic E-state index is 2.64. The van der Waals surface area contributed by atoms with Crippen molar-refractivity contribution in [3.8, 4) is 0 Å². The lowest BCUT2D eigenvalue weighted by molar-refractivity contribution is 0.113. The van der Waals surface area contributed by atoms with Gasteiger partial charge in [-0.15, -0.1) is 0 Å². The van der Waals surface area contributed by atoms with E-state index in [0.717, 1.165) is 19.1 Å². The number of likely N-dealkylation sites (tertiary alicyclic amines) is 1. The van der Waals surface area contributed by atoms with E-state index in [1.54, 1.807) is 0 Å². The van der Waals surface area contributed by atoms with Gasteiger partial charge in [0.05, 0.1) is 0 Å². The molecule has 2 saturated heterocycles. The van der Waals surface area contributed by atoms with Gasteiger partial charge in [-0.2, -0.15) is 0 Å². The fraction of sp³-hybridized carbons (Fsp3) is 0.739. The quantitative estimate of drug-likeness (QED) is 0.729. The predicted octanol–water partition coefficient (Wildman–Crippen LogP) is 3.13. The lowest BCUT2D eigenvalue weighted by Gasteiger charge is -2.37. The van der Waals surface area contributed by atoms with Crippen LogP contribution in [0.5, 0.6) is 0 Å². The van der Waals surface area contributed by atoms with Crippen LogP contribution in [0.3, 0.4) is 0 Å². The smallest absolute Gasteiger partial charge is 0.0234 e. The summed E-state index contributed by atoms with van der Waals surface area (Å²) < 4.78 is 0. The van der Waals surface area contributed by atoms with Crippen LogP contribution in [0.4, 0.5) is 0 Å². The van der Waals surface area contributed by atoms with Gasteiger partial charge in [-0.05, 0) is 76.7 Å². The number of hydrogen-bond donors (Lipinski definition) is 0. The van der Waals surface area contributed by atoms with Gasteiger partial charge in [0.1, 0.15) is 0 Å². The molecule has 0 saturated carbocycles. The molecule has 1 aromatic rings. The molecule has 2 aliphatic rings. The van der Waals surface area contributed by atoms with E-state index in [-0.39, 0.29) is 0 Å².